The Hall–Kier alpha value is -0.650. The van der Waals surface area contributed by atoms with Crippen LogP contribution in [0.5, 0.6) is 0 Å². The van der Waals surface area contributed by atoms with Crippen LogP contribution in [0, 0.1) is 11.8 Å². The van der Waals surface area contributed by atoms with Crippen LogP contribution in [0.1, 0.15) is 39.0 Å². The van der Waals surface area contributed by atoms with Gasteiger partial charge in [0.2, 0.25) is 0 Å². The molecule has 0 spiro atoms. The second-order valence-electron chi connectivity index (χ2n) is 6.60. The minimum absolute atomic E-state index is 0.0231. The molecule has 2 rings (SSSR count). The van der Waals surface area contributed by atoms with E-state index in [9.17, 15) is 9.90 Å². The van der Waals surface area contributed by atoms with Gasteiger partial charge in [-0.3, -0.25) is 4.79 Å². The first-order chi connectivity index (χ1) is 10.1. The topological polar surface area (TPSA) is 59.0 Å². The van der Waals surface area contributed by atoms with Crippen LogP contribution in [0.15, 0.2) is 0 Å². The molecule has 1 unspecified atom stereocenters. The molecule has 0 radical (unpaired) electrons. The molecule has 1 aliphatic heterocycles. The van der Waals surface area contributed by atoms with Gasteiger partial charge in [-0.25, -0.2) is 0 Å². The van der Waals surface area contributed by atoms with E-state index in [1.165, 1.54) is 0 Å². The molecule has 5 nitrogen and oxygen atoms in total. The highest BCUT2D eigenvalue weighted by Crippen LogP contribution is 2.34. The number of methoxy groups -OCH3 is 1. The Morgan fingerprint density at radius 1 is 1.33 bits per heavy atom. The molecule has 1 atom stereocenters. The van der Waals surface area contributed by atoms with Crippen molar-refractivity contribution in [3.05, 3.63) is 0 Å². The molecule has 1 saturated carbocycles. The predicted octanol–water partition coefficient (Wildman–Crippen LogP) is 1.44. The lowest BCUT2D eigenvalue weighted by Gasteiger charge is -2.37. The molecule has 0 aromatic rings. The van der Waals surface area contributed by atoms with Crippen LogP contribution < -0.4 is 0 Å². The van der Waals surface area contributed by atoms with Crippen molar-refractivity contribution in [1.82, 2.24) is 4.90 Å². The van der Waals surface area contributed by atoms with E-state index in [2.05, 4.69) is 4.90 Å². The van der Waals surface area contributed by atoms with E-state index in [-0.39, 0.29) is 11.9 Å². The molecule has 2 fully saturated rings. The van der Waals surface area contributed by atoms with Gasteiger partial charge >= 0.3 is 5.97 Å². The summed E-state index contributed by atoms with van der Waals surface area (Å²) in [5.74, 6) is 0.473. The molecular formula is C16H29NO4. The molecule has 1 aliphatic carbocycles. The van der Waals surface area contributed by atoms with Gasteiger partial charge in [0, 0.05) is 20.2 Å². The molecule has 0 bridgehead atoms. The van der Waals surface area contributed by atoms with E-state index < -0.39 is 5.60 Å². The first-order valence-corrected chi connectivity index (χ1v) is 8.16. The molecule has 0 amide bonds. The third-order valence-electron chi connectivity index (χ3n) is 4.83. The van der Waals surface area contributed by atoms with Crippen molar-refractivity contribution in [3.8, 4) is 0 Å². The maximum atomic E-state index is 11.7. The van der Waals surface area contributed by atoms with E-state index >= 15 is 0 Å². The number of ether oxygens (including phenoxy) is 2. The first kappa shape index (κ1) is 16.7. The fraction of sp³-hybridized carbons (Fsp3) is 0.938. The third kappa shape index (κ3) is 4.66. The largest absolute Gasteiger partial charge is 0.466 e. The van der Waals surface area contributed by atoms with Gasteiger partial charge in [-0.05, 0) is 51.5 Å². The lowest BCUT2D eigenvalue weighted by molar-refractivity contribution is -0.151. The Bertz CT molecular complexity index is 339. The molecule has 1 N–H and O–H groups in total. The Balaban J connectivity index is 1.76. The molecule has 2 aliphatic rings. The summed E-state index contributed by atoms with van der Waals surface area (Å²) in [6.07, 6.45) is 4.02. The van der Waals surface area contributed by atoms with Gasteiger partial charge in [0.1, 0.15) is 0 Å². The second kappa shape index (κ2) is 7.56. The highest BCUT2D eigenvalue weighted by atomic mass is 16.5. The lowest BCUT2D eigenvalue weighted by atomic mass is 9.78. The number of esters is 1. The summed E-state index contributed by atoms with van der Waals surface area (Å²) >= 11 is 0. The molecule has 21 heavy (non-hydrogen) atoms. The molecule has 1 saturated heterocycles. The van der Waals surface area contributed by atoms with Crippen molar-refractivity contribution in [2.75, 3.05) is 40.0 Å². The molecular weight excluding hydrogens is 270 g/mol. The summed E-state index contributed by atoms with van der Waals surface area (Å²) in [4.78, 5) is 14.1. The van der Waals surface area contributed by atoms with Crippen LogP contribution in [0.3, 0.4) is 0 Å². The van der Waals surface area contributed by atoms with E-state index in [1.807, 2.05) is 6.92 Å². The van der Waals surface area contributed by atoms with E-state index in [1.54, 1.807) is 7.11 Å². The number of carbonyl (C=O) groups excluding carboxylic acids is 1. The third-order valence-corrected chi connectivity index (χ3v) is 4.83. The number of likely N-dealkylation sites (tertiary alicyclic amines) is 1. The fourth-order valence-electron chi connectivity index (χ4n) is 3.65. The Labute approximate surface area is 127 Å². The number of hydrogen-bond donors (Lipinski definition) is 1. The summed E-state index contributed by atoms with van der Waals surface area (Å²) in [7, 11) is 1.74. The Morgan fingerprint density at radius 3 is 2.67 bits per heavy atom. The van der Waals surface area contributed by atoms with Crippen LogP contribution in [-0.4, -0.2) is 61.5 Å². The van der Waals surface area contributed by atoms with Gasteiger partial charge in [0.15, 0.2) is 0 Å². The van der Waals surface area contributed by atoms with E-state index in [4.69, 9.17) is 9.47 Å². The average Bonchev–Trinajstić information content (AvgIpc) is 2.87. The van der Waals surface area contributed by atoms with Crippen LogP contribution >= 0.6 is 0 Å². The van der Waals surface area contributed by atoms with Gasteiger partial charge in [-0.1, -0.05) is 0 Å². The maximum Gasteiger partial charge on any atom is 0.308 e. The first-order valence-electron chi connectivity index (χ1n) is 8.16. The SMILES string of the molecule is CCOC(=O)C1CCC(O)(CN2CCC(COC)C2)CC1. The van der Waals surface area contributed by atoms with Gasteiger partial charge in [-0.15, -0.1) is 0 Å². The van der Waals surface area contributed by atoms with Crippen LogP contribution in [0.2, 0.25) is 0 Å². The molecule has 0 aromatic heterocycles. The van der Waals surface area contributed by atoms with E-state index in [0.717, 1.165) is 45.5 Å². The van der Waals surface area contributed by atoms with Crippen LogP contribution in [0.25, 0.3) is 0 Å². The van der Waals surface area contributed by atoms with Crippen molar-refractivity contribution in [1.29, 1.82) is 0 Å². The normalized spacial score (nSPS) is 34.0. The van der Waals surface area contributed by atoms with Crippen molar-refractivity contribution in [2.45, 2.75) is 44.6 Å². The smallest absolute Gasteiger partial charge is 0.308 e. The zero-order chi connectivity index (χ0) is 15.3. The number of nitrogens with zero attached hydrogens (tertiary/aromatic N) is 1. The van der Waals surface area contributed by atoms with Gasteiger partial charge < -0.3 is 19.5 Å². The number of aliphatic hydroxyl groups is 1. The minimum atomic E-state index is -0.634. The quantitative estimate of drug-likeness (QED) is 0.752. The van der Waals surface area contributed by atoms with Crippen LogP contribution in [-0.2, 0) is 14.3 Å². The molecule has 0 aromatic carbocycles. The number of β-amino-alcohol motifs (C(OH)–C–C–N with tert-alkyl or cyclic N) is 1. The summed E-state index contributed by atoms with van der Waals surface area (Å²) < 4.78 is 10.3. The molecule has 122 valence electrons. The zero-order valence-corrected chi connectivity index (χ0v) is 13.3. The predicted molar refractivity (Wildman–Crippen MR) is 80.0 cm³/mol. The summed E-state index contributed by atoms with van der Waals surface area (Å²) in [5.41, 5.74) is -0.634. The monoisotopic (exact) mass is 299 g/mol. The average molecular weight is 299 g/mol. The zero-order valence-electron chi connectivity index (χ0n) is 13.3. The number of hydrogen-bond acceptors (Lipinski definition) is 5. The van der Waals surface area contributed by atoms with Crippen LogP contribution in [0.4, 0.5) is 0 Å². The van der Waals surface area contributed by atoms with Crippen molar-refractivity contribution >= 4 is 5.97 Å². The minimum Gasteiger partial charge on any atom is -0.466 e. The van der Waals surface area contributed by atoms with Crippen molar-refractivity contribution in [3.63, 3.8) is 0 Å². The Morgan fingerprint density at radius 2 is 2.05 bits per heavy atom. The summed E-state index contributed by atoms with van der Waals surface area (Å²) in [6.45, 7) is 5.85. The van der Waals surface area contributed by atoms with Crippen molar-refractivity contribution in [2.24, 2.45) is 11.8 Å². The van der Waals surface area contributed by atoms with Crippen molar-refractivity contribution < 1.29 is 19.4 Å². The number of carbonyl (C=O) groups is 1. The highest BCUT2D eigenvalue weighted by Gasteiger charge is 2.38. The summed E-state index contributed by atoms with van der Waals surface area (Å²) in [5, 5.41) is 10.8. The molecule has 1 heterocycles. The van der Waals surface area contributed by atoms with Gasteiger partial charge in [0.25, 0.3) is 0 Å². The van der Waals surface area contributed by atoms with Gasteiger partial charge in [-0.2, -0.15) is 0 Å². The lowest BCUT2D eigenvalue weighted by Crippen LogP contribution is -2.45. The van der Waals surface area contributed by atoms with E-state index in [0.29, 0.717) is 25.4 Å². The highest BCUT2D eigenvalue weighted by molar-refractivity contribution is 5.72. The number of rotatable bonds is 6. The molecule has 5 heteroatoms. The Kier molecular flexibility index (Phi) is 6.02. The summed E-state index contributed by atoms with van der Waals surface area (Å²) in [6, 6.07) is 0. The second-order valence-corrected chi connectivity index (χ2v) is 6.60. The standard InChI is InChI=1S/C16H29NO4/c1-3-21-15(18)14-4-7-16(19,8-5-14)12-17-9-6-13(10-17)11-20-2/h13-14,19H,3-12H2,1-2H3. The maximum absolute atomic E-state index is 11.7. The fourth-order valence-corrected chi connectivity index (χ4v) is 3.65. The van der Waals surface area contributed by atoms with Gasteiger partial charge in [0.05, 0.1) is 24.7 Å².